The predicted octanol–water partition coefficient (Wildman–Crippen LogP) is 3.65. The van der Waals surface area contributed by atoms with Gasteiger partial charge in [-0.2, -0.15) is 0 Å². The fraction of sp³-hybridized carbons (Fsp3) is 0.333. The number of carbonyl (C=O) groups is 2. The van der Waals surface area contributed by atoms with E-state index in [1.54, 1.807) is 18.2 Å². The molecule has 0 aromatic heterocycles. The molecule has 1 aliphatic heterocycles. The second-order valence-corrected chi connectivity index (χ2v) is 6.38. The van der Waals surface area contributed by atoms with Gasteiger partial charge in [0.25, 0.3) is 5.91 Å². The Labute approximate surface area is 159 Å². The Kier molecular flexibility index (Phi) is 5.64. The molecule has 0 aliphatic carbocycles. The van der Waals surface area contributed by atoms with Crippen LogP contribution in [0.15, 0.2) is 36.4 Å². The smallest absolute Gasteiger partial charge is 0.263 e. The summed E-state index contributed by atoms with van der Waals surface area (Å²) >= 11 is 0. The zero-order valence-electron chi connectivity index (χ0n) is 15.9. The predicted molar refractivity (Wildman–Crippen MR) is 105 cm³/mol. The van der Waals surface area contributed by atoms with E-state index in [4.69, 9.17) is 9.47 Å². The standard InChI is InChI=1S/C21H24N2O4/c1-4-12-23-16-10-9-15(13-14(16)8-11-19(23)24)22-21(25)20-17(26-2)6-5-7-18(20)27-3/h5-7,9-10,13H,4,8,11-12H2,1-3H3,(H,22,25). The normalized spacial score (nSPS) is 13.1. The molecule has 2 aromatic carbocycles. The molecule has 1 N–H and O–H groups in total. The van der Waals surface area contributed by atoms with E-state index in [2.05, 4.69) is 12.2 Å². The maximum Gasteiger partial charge on any atom is 0.263 e. The van der Waals surface area contributed by atoms with E-state index in [0.29, 0.717) is 42.1 Å². The zero-order chi connectivity index (χ0) is 19.4. The molecule has 0 atom stereocenters. The number of ether oxygens (including phenoxy) is 2. The number of hydrogen-bond acceptors (Lipinski definition) is 4. The van der Waals surface area contributed by atoms with Crippen LogP contribution in [-0.4, -0.2) is 32.6 Å². The van der Waals surface area contributed by atoms with Crippen molar-refractivity contribution in [1.82, 2.24) is 0 Å². The van der Waals surface area contributed by atoms with E-state index in [1.165, 1.54) is 14.2 Å². The van der Waals surface area contributed by atoms with Crippen LogP contribution in [-0.2, 0) is 11.2 Å². The summed E-state index contributed by atoms with van der Waals surface area (Å²) in [5.74, 6) is 0.746. The van der Waals surface area contributed by atoms with Gasteiger partial charge in [0.2, 0.25) is 5.91 Å². The van der Waals surface area contributed by atoms with Crippen molar-refractivity contribution in [2.75, 3.05) is 31.0 Å². The third-order valence-electron chi connectivity index (χ3n) is 4.64. The maximum atomic E-state index is 12.8. The van der Waals surface area contributed by atoms with Crippen LogP contribution in [0.4, 0.5) is 11.4 Å². The summed E-state index contributed by atoms with van der Waals surface area (Å²) in [4.78, 5) is 26.8. The summed E-state index contributed by atoms with van der Waals surface area (Å²) in [6.45, 7) is 2.76. The van der Waals surface area contributed by atoms with Crippen molar-refractivity contribution in [2.24, 2.45) is 0 Å². The van der Waals surface area contributed by atoms with Gasteiger partial charge in [0.05, 0.1) is 14.2 Å². The van der Waals surface area contributed by atoms with Crippen LogP contribution in [0.1, 0.15) is 35.7 Å². The number of carbonyl (C=O) groups excluding carboxylic acids is 2. The highest BCUT2D eigenvalue weighted by Crippen LogP contribution is 2.32. The topological polar surface area (TPSA) is 67.9 Å². The number of fused-ring (bicyclic) bond motifs is 1. The molecule has 0 fully saturated rings. The highest BCUT2D eigenvalue weighted by Gasteiger charge is 2.24. The van der Waals surface area contributed by atoms with E-state index in [-0.39, 0.29) is 11.8 Å². The number of nitrogens with zero attached hydrogens (tertiary/aromatic N) is 1. The highest BCUT2D eigenvalue weighted by atomic mass is 16.5. The van der Waals surface area contributed by atoms with Gasteiger partial charge >= 0.3 is 0 Å². The van der Waals surface area contributed by atoms with Gasteiger partial charge in [-0.15, -0.1) is 0 Å². The van der Waals surface area contributed by atoms with Crippen molar-refractivity contribution in [3.63, 3.8) is 0 Å². The largest absolute Gasteiger partial charge is 0.496 e. The number of aryl methyl sites for hydroxylation is 1. The lowest BCUT2D eigenvalue weighted by Crippen LogP contribution is -2.35. The SMILES string of the molecule is CCCN1C(=O)CCc2cc(NC(=O)c3c(OC)cccc3OC)ccc21. The van der Waals surface area contributed by atoms with Crippen LogP contribution in [0.2, 0.25) is 0 Å². The Morgan fingerprint density at radius 3 is 2.44 bits per heavy atom. The van der Waals surface area contributed by atoms with Gasteiger partial charge < -0.3 is 19.7 Å². The van der Waals surface area contributed by atoms with Gasteiger partial charge in [-0.3, -0.25) is 9.59 Å². The molecule has 2 amide bonds. The monoisotopic (exact) mass is 368 g/mol. The summed E-state index contributed by atoms with van der Waals surface area (Å²) in [5, 5.41) is 2.91. The van der Waals surface area contributed by atoms with Gasteiger partial charge in [0.15, 0.2) is 0 Å². The number of methoxy groups -OCH3 is 2. The lowest BCUT2D eigenvalue weighted by atomic mass is 10.00. The molecule has 142 valence electrons. The Hall–Kier alpha value is -3.02. The maximum absolute atomic E-state index is 12.8. The van der Waals surface area contributed by atoms with E-state index < -0.39 is 0 Å². The molecule has 3 rings (SSSR count). The second-order valence-electron chi connectivity index (χ2n) is 6.38. The molecule has 2 aromatic rings. The fourth-order valence-corrected chi connectivity index (χ4v) is 3.38. The molecule has 0 spiro atoms. The summed E-state index contributed by atoms with van der Waals surface area (Å²) < 4.78 is 10.6. The molecule has 0 unspecified atom stereocenters. The average Bonchev–Trinajstić information content (AvgIpc) is 2.69. The first-order valence-corrected chi connectivity index (χ1v) is 9.04. The first kappa shape index (κ1) is 18.8. The lowest BCUT2D eigenvalue weighted by Gasteiger charge is -2.29. The third kappa shape index (κ3) is 3.74. The van der Waals surface area contributed by atoms with Crippen LogP contribution in [0.25, 0.3) is 0 Å². The van der Waals surface area contributed by atoms with Crippen molar-refractivity contribution in [3.8, 4) is 11.5 Å². The Morgan fingerprint density at radius 1 is 1.11 bits per heavy atom. The molecular formula is C21H24N2O4. The summed E-state index contributed by atoms with van der Waals surface area (Å²) in [6.07, 6.45) is 2.07. The van der Waals surface area contributed by atoms with Crippen LogP contribution in [0, 0.1) is 0 Å². The minimum atomic E-state index is -0.304. The Balaban J connectivity index is 1.88. The van der Waals surface area contributed by atoms with Gasteiger partial charge in [0.1, 0.15) is 17.1 Å². The van der Waals surface area contributed by atoms with Crippen molar-refractivity contribution in [1.29, 1.82) is 0 Å². The van der Waals surface area contributed by atoms with Crippen molar-refractivity contribution in [3.05, 3.63) is 47.5 Å². The van der Waals surface area contributed by atoms with Gasteiger partial charge in [-0.1, -0.05) is 13.0 Å². The molecule has 0 bridgehead atoms. The number of anilines is 2. The Bertz CT molecular complexity index is 841. The molecule has 0 saturated carbocycles. The van der Waals surface area contributed by atoms with Crippen LogP contribution >= 0.6 is 0 Å². The molecular weight excluding hydrogens is 344 g/mol. The Morgan fingerprint density at radius 2 is 1.81 bits per heavy atom. The van der Waals surface area contributed by atoms with E-state index in [0.717, 1.165) is 17.7 Å². The second kappa shape index (κ2) is 8.12. The minimum Gasteiger partial charge on any atom is -0.496 e. The van der Waals surface area contributed by atoms with Crippen molar-refractivity contribution in [2.45, 2.75) is 26.2 Å². The molecule has 27 heavy (non-hydrogen) atoms. The lowest BCUT2D eigenvalue weighted by molar-refractivity contribution is -0.118. The fourth-order valence-electron chi connectivity index (χ4n) is 3.38. The minimum absolute atomic E-state index is 0.153. The number of rotatable bonds is 6. The molecule has 6 heteroatoms. The van der Waals surface area contributed by atoms with Crippen LogP contribution in [0.3, 0.4) is 0 Å². The zero-order valence-corrected chi connectivity index (χ0v) is 15.9. The van der Waals surface area contributed by atoms with Gasteiger partial charge in [0, 0.05) is 24.3 Å². The summed E-state index contributed by atoms with van der Waals surface area (Å²) in [7, 11) is 3.04. The highest BCUT2D eigenvalue weighted by molar-refractivity contribution is 6.08. The van der Waals surface area contributed by atoms with E-state index in [1.807, 2.05) is 23.1 Å². The van der Waals surface area contributed by atoms with Crippen LogP contribution < -0.4 is 19.7 Å². The average molecular weight is 368 g/mol. The van der Waals surface area contributed by atoms with E-state index >= 15 is 0 Å². The third-order valence-corrected chi connectivity index (χ3v) is 4.64. The number of benzene rings is 2. The molecule has 1 heterocycles. The number of hydrogen-bond donors (Lipinski definition) is 1. The summed E-state index contributed by atoms with van der Waals surface area (Å²) in [6, 6.07) is 10.9. The number of nitrogens with one attached hydrogen (secondary N) is 1. The molecule has 0 saturated heterocycles. The first-order valence-electron chi connectivity index (χ1n) is 9.04. The van der Waals surface area contributed by atoms with Gasteiger partial charge in [-0.05, 0) is 48.7 Å². The molecule has 1 aliphatic rings. The first-order chi connectivity index (χ1) is 13.1. The molecule has 6 nitrogen and oxygen atoms in total. The quantitative estimate of drug-likeness (QED) is 0.845. The van der Waals surface area contributed by atoms with Crippen molar-refractivity contribution < 1.29 is 19.1 Å². The summed E-state index contributed by atoms with van der Waals surface area (Å²) in [5.41, 5.74) is 3.02. The van der Waals surface area contributed by atoms with Crippen LogP contribution in [0.5, 0.6) is 11.5 Å². The van der Waals surface area contributed by atoms with E-state index in [9.17, 15) is 9.59 Å². The van der Waals surface area contributed by atoms with Gasteiger partial charge in [-0.25, -0.2) is 0 Å². The van der Waals surface area contributed by atoms with Crippen molar-refractivity contribution >= 4 is 23.2 Å². The number of amides is 2. The molecule has 0 radical (unpaired) electrons.